The van der Waals surface area contributed by atoms with Crippen LogP contribution in [0.3, 0.4) is 0 Å². The Balaban J connectivity index is 1.79. The standard InChI is InChI=1S/C19H21NO/c1-15(11-12-16-7-4-3-5-8-16)20-14-13-17-18(20)9-6-10-19(17)21-2/h3-12,15H,13-14H2,1-2H3/b12-11+/t15-/m1/s1. The molecule has 0 aliphatic carbocycles. The van der Waals surface area contributed by atoms with E-state index in [4.69, 9.17) is 4.74 Å². The fourth-order valence-corrected chi connectivity index (χ4v) is 2.96. The van der Waals surface area contributed by atoms with Crippen molar-refractivity contribution in [2.24, 2.45) is 0 Å². The van der Waals surface area contributed by atoms with E-state index < -0.39 is 0 Å². The molecular formula is C19H21NO. The summed E-state index contributed by atoms with van der Waals surface area (Å²) < 4.78 is 5.47. The SMILES string of the molecule is COc1cccc2c1CCN2[C@H](C)/C=C/c1ccccc1. The summed E-state index contributed by atoms with van der Waals surface area (Å²) in [6.07, 6.45) is 5.52. The molecular weight excluding hydrogens is 258 g/mol. The van der Waals surface area contributed by atoms with Gasteiger partial charge in [0.1, 0.15) is 5.75 Å². The highest BCUT2D eigenvalue weighted by atomic mass is 16.5. The Morgan fingerprint density at radius 1 is 1.10 bits per heavy atom. The molecule has 1 aliphatic rings. The fraction of sp³-hybridized carbons (Fsp3) is 0.263. The molecule has 0 saturated heterocycles. The predicted molar refractivity (Wildman–Crippen MR) is 89.0 cm³/mol. The number of nitrogens with zero attached hydrogens (tertiary/aromatic N) is 1. The van der Waals surface area contributed by atoms with Crippen molar-refractivity contribution in [3.8, 4) is 5.75 Å². The maximum absolute atomic E-state index is 5.47. The Kier molecular flexibility index (Phi) is 3.96. The molecule has 2 heteroatoms. The Morgan fingerprint density at radius 3 is 2.67 bits per heavy atom. The summed E-state index contributed by atoms with van der Waals surface area (Å²) in [4.78, 5) is 2.44. The molecule has 0 aromatic heterocycles. The Labute approximate surface area is 126 Å². The zero-order valence-corrected chi connectivity index (χ0v) is 12.6. The van der Waals surface area contributed by atoms with Crippen LogP contribution in [0.25, 0.3) is 6.08 Å². The highest BCUT2D eigenvalue weighted by Crippen LogP contribution is 2.36. The maximum atomic E-state index is 5.47. The minimum absolute atomic E-state index is 0.374. The van der Waals surface area contributed by atoms with Crippen LogP contribution < -0.4 is 9.64 Å². The van der Waals surface area contributed by atoms with E-state index in [0.29, 0.717) is 6.04 Å². The fourth-order valence-electron chi connectivity index (χ4n) is 2.96. The lowest BCUT2D eigenvalue weighted by atomic mass is 10.1. The molecule has 0 bridgehead atoms. The molecule has 0 radical (unpaired) electrons. The van der Waals surface area contributed by atoms with Crippen LogP contribution in [0.2, 0.25) is 0 Å². The molecule has 0 unspecified atom stereocenters. The monoisotopic (exact) mass is 279 g/mol. The molecule has 1 aliphatic heterocycles. The first-order valence-corrected chi connectivity index (χ1v) is 7.45. The molecule has 1 atom stereocenters. The van der Waals surface area contributed by atoms with Crippen LogP contribution in [0.4, 0.5) is 5.69 Å². The molecule has 3 rings (SSSR count). The average Bonchev–Trinajstić information content (AvgIpc) is 2.97. The number of ether oxygens (including phenoxy) is 1. The van der Waals surface area contributed by atoms with Crippen molar-refractivity contribution in [2.75, 3.05) is 18.6 Å². The van der Waals surface area contributed by atoms with Gasteiger partial charge in [-0.2, -0.15) is 0 Å². The number of benzene rings is 2. The first-order valence-electron chi connectivity index (χ1n) is 7.45. The van der Waals surface area contributed by atoms with Gasteiger partial charge < -0.3 is 9.64 Å². The van der Waals surface area contributed by atoms with Crippen molar-refractivity contribution in [3.05, 3.63) is 65.7 Å². The van der Waals surface area contributed by atoms with Crippen molar-refractivity contribution in [2.45, 2.75) is 19.4 Å². The second-order valence-electron chi connectivity index (χ2n) is 5.41. The third-order valence-electron chi connectivity index (χ3n) is 4.10. The van der Waals surface area contributed by atoms with E-state index in [-0.39, 0.29) is 0 Å². The van der Waals surface area contributed by atoms with Gasteiger partial charge in [-0.3, -0.25) is 0 Å². The third kappa shape index (κ3) is 2.80. The number of rotatable bonds is 4. The highest BCUT2D eigenvalue weighted by Gasteiger charge is 2.24. The van der Waals surface area contributed by atoms with Crippen LogP contribution in [-0.2, 0) is 6.42 Å². The van der Waals surface area contributed by atoms with Gasteiger partial charge in [0.2, 0.25) is 0 Å². The molecule has 0 N–H and O–H groups in total. The van der Waals surface area contributed by atoms with E-state index in [1.54, 1.807) is 7.11 Å². The number of fused-ring (bicyclic) bond motifs is 1. The van der Waals surface area contributed by atoms with Gasteiger partial charge in [-0.15, -0.1) is 0 Å². The summed E-state index contributed by atoms with van der Waals surface area (Å²) in [6.45, 7) is 3.30. The lowest BCUT2D eigenvalue weighted by Gasteiger charge is -2.25. The Morgan fingerprint density at radius 2 is 1.90 bits per heavy atom. The Hall–Kier alpha value is -2.22. The summed E-state index contributed by atoms with van der Waals surface area (Å²) >= 11 is 0. The quantitative estimate of drug-likeness (QED) is 0.833. The summed E-state index contributed by atoms with van der Waals surface area (Å²) in [6, 6.07) is 17.1. The van der Waals surface area contributed by atoms with Crippen LogP contribution in [0.5, 0.6) is 5.75 Å². The van der Waals surface area contributed by atoms with Crippen molar-refractivity contribution in [1.82, 2.24) is 0 Å². The van der Waals surface area contributed by atoms with Crippen molar-refractivity contribution in [3.63, 3.8) is 0 Å². The van der Waals surface area contributed by atoms with E-state index in [2.05, 4.69) is 60.4 Å². The van der Waals surface area contributed by atoms with E-state index in [1.807, 2.05) is 12.1 Å². The lowest BCUT2D eigenvalue weighted by Crippen LogP contribution is -2.29. The number of hydrogen-bond acceptors (Lipinski definition) is 2. The maximum Gasteiger partial charge on any atom is 0.124 e. The van der Waals surface area contributed by atoms with Crippen molar-refractivity contribution >= 4 is 11.8 Å². The molecule has 0 amide bonds. The van der Waals surface area contributed by atoms with Gasteiger partial charge in [0.15, 0.2) is 0 Å². The molecule has 2 nitrogen and oxygen atoms in total. The zero-order valence-electron chi connectivity index (χ0n) is 12.6. The van der Waals surface area contributed by atoms with E-state index in [1.165, 1.54) is 16.8 Å². The third-order valence-corrected chi connectivity index (χ3v) is 4.10. The predicted octanol–water partition coefficient (Wildman–Crippen LogP) is 4.16. The number of hydrogen-bond donors (Lipinski definition) is 0. The van der Waals surface area contributed by atoms with Gasteiger partial charge in [-0.25, -0.2) is 0 Å². The molecule has 0 fully saturated rings. The average molecular weight is 279 g/mol. The van der Waals surface area contributed by atoms with Crippen LogP contribution in [0.15, 0.2) is 54.6 Å². The first-order chi connectivity index (χ1) is 10.3. The molecule has 2 aromatic carbocycles. The van der Waals surface area contributed by atoms with E-state index >= 15 is 0 Å². The minimum Gasteiger partial charge on any atom is -0.496 e. The van der Waals surface area contributed by atoms with Crippen LogP contribution in [-0.4, -0.2) is 19.7 Å². The molecule has 1 heterocycles. The number of methoxy groups -OCH3 is 1. The summed E-state index contributed by atoms with van der Waals surface area (Å²) in [7, 11) is 1.75. The second-order valence-corrected chi connectivity index (χ2v) is 5.41. The van der Waals surface area contributed by atoms with Gasteiger partial charge in [-0.1, -0.05) is 48.6 Å². The van der Waals surface area contributed by atoms with E-state index in [9.17, 15) is 0 Å². The number of anilines is 1. The van der Waals surface area contributed by atoms with Gasteiger partial charge >= 0.3 is 0 Å². The Bertz CT molecular complexity index is 633. The minimum atomic E-state index is 0.374. The molecule has 0 spiro atoms. The van der Waals surface area contributed by atoms with Gasteiger partial charge in [0.25, 0.3) is 0 Å². The first kappa shape index (κ1) is 13.7. The van der Waals surface area contributed by atoms with Crippen LogP contribution in [0, 0.1) is 0 Å². The van der Waals surface area contributed by atoms with Gasteiger partial charge in [-0.05, 0) is 31.0 Å². The van der Waals surface area contributed by atoms with Crippen molar-refractivity contribution in [1.29, 1.82) is 0 Å². The zero-order chi connectivity index (χ0) is 14.7. The van der Waals surface area contributed by atoms with Crippen LogP contribution in [0.1, 0.15) is 18.1 Å². The lowest BCUT2D eigenvalue weighted by molar-refractivity contribution is 0.411. The largest absolute Gasteiger partial charge is 0.496 e. The molecule has 2 aromatic rings. The molecule has 0 saturated carbocycles. The summed E-state index contributed by atoms with van der Waals surface area (Å²) in [5.74, 6) is 1.01. The molecule has 108 valence electrons. The summed E-state index contributed by atoms with van der Waals surface area (Å²) in [5, 5.41) is 0. The smallest absolute Gasteiger partial charge is 0.124 e. The summed E-state index contributed by atoms with van der Waals surface area (Å²) in [5.41, 5.74) is 3.88. The normalized spacial score (nSPS) is 15.2. The van der Waals surface area contributed by atoms with E-state index in [0.717, 1.165) is 18.7 Å². The molecule has 21 heavy (non-hydrogen) atoms. The van der Waals surface area contributed by atoms with Crippen LogP contribution >= 0.6 is 0 Å². The second kappa shape index (κ2) is 6.04. The van der Waals surface area contributed by atoms with Crippen molar-refractivity contribution < 1.29 is 4.74 Å². The van der Waals surface area contributed by atoms with Gasteiger partial charge in [0, 0.05) is 23.8 Å². The topological polar surface area (TPSA) is 12.5 Å². The van der Waals surface area contributed by atoms with Gasteiger partial charge in [0.05, 0.1) is 7.11 Å². The highest BCUT2D eigenvalue weighted by molar-refractivity contribution is 5.65.